The van der Waals surface area contributed by atoms with Crippen molar-refractivity contribution in [2.75, 3.05) is 6.61 Å². The molecule has 1 rings (SSSR count). The average molecular weight is 206 g/mol. The van der Waals surface area contributed by atoms with Crippen LogP contribution in [-0.2, 0) is 9.53 Å². The Bertz CT molecular complexity index is 223. The molecule has 5 heteroatoms. The van der Waals surface area contributed by atoms with Crippen LogP contribution in [0.3, 0.4) is 0 Å². The van der Waals surface area contributed by atoms with Gasteiger partial charge in [-0.2, -0.15) is 0 Å². The van der Waals surface area contributed by atoms with E-state index in [9.17, 15) is 14.3 Å². The van der Waals surface area contributed by atoms with E-state index in [4.69, 9.17) is 9.84 Å². The van der Waals surface area contributed by atoms with Crippen molar-refractivity contribution < 1.29 is 24.1 Å². The molecule has 0 heterocycles. The van der Waals surface area contributed by atoms with Crippen molar-refractivity contribution >= 4 is 5.78 Å². The Morgan fingerprint density at radius 2 is 2.21 bits per heavy atom. The second kappa shape index (κ2) is 3.92. The molecule has 2 N–H and O–H groups in total. The Morgan fingerprint density at radius 3 is 2.64 bits per heavy atom. The molecule has 0 aromatic rings. The number of Topliss-reactive ketones (excluding diaryl/α,β-unsaturated/α-hetero) is 1. The number of hydrogen-bond acceptors (Lipinski definition) is 4. The van der Waals surface area contributed by atoms with E-state index in [0.29, 0.717) is 0 Å². The van der Waals surface area contributed by atoms with Crippen LogP contribution in [0, 0.1) is 5.92 Å². The fraction of sp³-hybridized carbons (Fsp3) is 0.889. The summed E-state index contributed by atoms with van der Waals surface area (Å²) >= 11 is 0. The van der Waals surface area contributed by atoms with E-state index >= 15 is 0 Å². The number of rotatable bonds is 3. The zero-order chi connectivity index (χ0) is 10.9. The van der Waals surface area contributed by atoms with E-state index in [2.05, 4.69) is 0 Å². The standard InChI is InChI=1S/C9H15FO4/c1-9(2,13)14-7-3-6(12)8(10)5(7)4-11/h5,7-8,11,13H,3-4H2,1-2H3. The van der Waals surface area contributed by atoms with Gasteiger partial charge in [-0.1, -0.05) is 0 Å². The van der Waals surface area contributed by atoms with Gasteiger partial charge < -0.3 is 14.9 Å². The quantitative estimate of drug-likeness (QED) is 0.639. The maximum atomic E-state index is 13.1. The number of halogens is 1. The first-order chi connectivity index (χ1) is 6.35. The van der Waals surface area contributed by atoms with Crippen LogP contribution < -0.4 is 0 Å². The maximum Gasteiger partial charge on any atom is 0.169 e. The molecule has 3 unspecified atom stereocenters. The van der Waals surface area contributed by atoms with Gasteiger partial charge in [-0.15, -0.1) is 0 Å². The predicted molar refractivity (Wildman–Crippen MR) is 46.3 cm³/mol. The molecule has 3 atom stereocenters. The number of alkyl halides is 1. The summed E-state index contributed by atoms with van der Waals surface area (Å²) in [5.74, 6) is -2.84. The number of aliphatic hydroxyl groups is 2. The summed E-state index contributed by atoms with van der Waals surface area (Å²) in [7, 11) is 0. The zero-order valence-corrected chi connectivity index (χ0v) is 8.24. The third-order valence-electron chi connectivity index (χ3n) is 2.21. The summed E-state index contributed by atoms with van der Waals surface area (Å²) in [5.41, 5.74) is 0. The molecule has 0 aromatic heterocycles. The fourth-order valence-corrected chi connectivity index (χ4v) is 1.60. The highest BCUT2D eigenvalue weighted by Crippen LogP contribution is 2.30. The van der Waals surface area contributed by atoms with Crippen molar-refractivity contribution in [1.82, 2.24) is 0 Å². The molecule has 0 aromatic carbocycles. The minimum Gasteiger partial charge on any atom is -0.396 e. The first-order valence-corrected chi connectivity index (χ1v) is 4.53. The van der Waals surface area contributed by atoms with Crippen LogP contribution in [0.25, 0.3) is 0 Å². The van der Waals surface area contributed by atoms with Crippen molar-refractivity contribution in [2.45, 2.75) is 38.3 Å². The van der Waals surface area contributed by atoms with E-state index in [1.165, 1.54) is 13.8 Å². The third-order valence-corrected chi connectivity index (χ3v) is 2.21. The van der Waals surface area contributed by atoms with E-state index in [1.54, 1.807) is 0 Å². The summed E-state index contributed by atoms with van der Waals surface area (Å²) in [6.45, 7) is 2.35. The van der Waals surface area contributed by atoms with Gasteiger partial charge in [-0.05, 0) is 13.8 Å². The van der Waals surface area contributed by atoms with Crippen molar-refractivity contribution in [3.05, 3.63) is 0 Å². The Balaban J connectivity index is 2.66. The van der Waals surface area contributed by atoms with Crippen molar-refractivity contribution in [3.63, 3.8) is 0 Å². The molecule has 1 fully saturated rings. The first-order valence-electron chi connectivity index (χ1n) is 4.53. The lowest BCUT2D eigenvalue weighted by atomic mass is 10.1. The molecular formula is C9H15FO4. The van der Waals surface area contributed by atoms with Gasteiger partial charge in [0.25, 0.3) is 0 Å². The molecule has 14 heavy (non-hydrogen) atoms. The molecule has 0 bridgehead atoms. The second-order valence-corrected chi connectivity index (χ2v) is 4.02. The van der Waals surface area contributed by atoms with Crippen LogP contribution in [-0.4, -0.2) is 40.7 Å². The molecule has 1 saturated carbocycles. The summed E-state index contributed by atoms with van der Waals surface area (Å²) in [4.78, 5) is 11.0. The van der Waals surface area contributed by atoms with Crippen molar-refractivity contribution in [1.29, 1.82) is 0 Å². The Labute approximate surface area is 81.7 Å². The lowest BCUT2D eigenvalue weighted by molar-refractivity contribution is -0.215. The number of hydrogen-bond donors (Lipinski definition) is 2. The lowest BCUT2D eigenvalue weighted by Gasteiger charge is -2.26. The van der Waals surface area contributed by atoms with Gasteiger partial charge in [0.1, 0.15) is 0 Å². The minimum absolute atomic E-state index is 0.0869. The molecular weight excluding hydrogens is 191 g/mol. The van der Waals surface area contributed by atoms with Gasteiger partial charge in [0.15, 0.2) is 17.7 Å². The average Bonchev–Trinajstić information content (AvgIpc) is 2.24. The van der Waals surface area contributed by atoms with Crippen LogP contribution >= 0.6 is 0 Å². The monoisotopic (exact) mass is 206 g/mol. The number of ketones is 1. The van der Waals surface area contributed by atoms with E-state index < -0.39 is 36.4 Å². The molecule has 4 nitrogen and oxygen atoms in total. The van der Waals surface area contributed by atoms with Gasteiger partial charge in [-0.3, -0.25) is 4.79 Å². The molecule has 0 saturated heterocycles. The number of ether oxygens (including phenoxy) is 1. The zero-order valence-electron chi connectivity index (χ0n) is 8.24. The van der Waals surface area contributed by atoms with Crippen molar-refractivity contribution in [2.24, 2.45) is 5.92 Å². The number of carbonyl (C=O) groups is 1. The van der Waals surface area contributed by atoms with Gasteiger partial charge >= 0.3 is 0 Å². The summed E-state index contributed by atoms with van der Waals surface area (Å²) < 4.78 is 18.2. The maximum absolute atomic E-state index is 13.1. The molecule has 1 aliphatic carbocycles. The SMILES string of the molecule is CC(C)(O)OC1CC(=O)C(F)C1CO. The Morgan fingerprint density at radius 1 is 1.64 bits per heavy atom. The summed E-state index contributed by atoms with van der Waals surface area (Å²) in [6, 6.07) is 0. The normalized spacial score (nSPS) is 33.8. The molecule has 0 aliphatic heterocycles. The largest absolute Gasteiger partial charge is 0.396 e. The van der Waals surface area contributed by atoms with Crippen LogP contribution in [0.1, 0.15) is 20.3 Å². The van der Waals surface area contributed by atoms with Crippen LogP contribution in [0.2, 0.25) is 0 Å². The van der Waals surface area contributed by atoms with Gasteiger partial charge in [0, 0.05) is 12.3 Å². The van der Waals surface area contributed by atoms with Crippen LogP contribution in [0.5, 0.6) is 0 Å². The van der Waals surface area contributed by atoms with Crippen molar-refractivity contribution in [3.8, 4) is 0 Å². The van der Waals surface area contributed by atoms with E-state index in [1.807, 2.05) is 0 Å². The summed E-state index contributed by atoms with van der Waals surface area (Å²) in [6.07, 6.45) is -2.49. The van der Waals surface area contributed by atoms with Crippen LogP contribution in [0.4, 0.5) is 4.39 Å². The number of aliphatic hydroxyl groups excluding tert-OH is 1. The topological polar surface area (TPSA) is 66.8 Å². The van der Waals surface area contributed by atoms with E-state index in [-0.39, 0.29) is 6.42 Å². The first kappa shape index (κ1) is 11.6. The third kappa shape index (κ3) is 2.50. The molecule has 82 valence electrons. The second-order valence-electron chi connectivity index (χ2n) is 4.02. The molecule has 0 spiro atoms. The minimum atomic E-state index is -1.67. The Hall–Kier alpha value is -0.520. The number of carbonyl (C=O) groups excluding carboxylic acids is 1. The predicted octanol–water partition coefficient (Wildman–Crippen LogP) is 0.0194. The smallest absolute Gasteiger partial charge is 0.169 e. The summed E-state index contributed by atoms with van der Waals surface area (Å²) in [5, 5.41) is 18.2. The molecule has 0 amide bonds. The van der Waals surface area contributed by atoms with Gasteiger partial charge in [0.2, 0.25) is 0 Å². The molecule has 1 aliphatic rings. The van der Waals surface area contributed by atoms with Gasteiger partial charge in [-0.25, -0.2) is 4.39 Å². The fourth-order valence-electron chi connectivity index (χ4n) is 1.60. The molecule has 0 radical (unpaired) electrons. The van der Waals surface area contributed by atoms with Crippen LogP contribution in [0.15, 0.2) is 0 Å². The van der Waals surface area contributed by atoms with Gasteiger partial charge in [0.05, 0.1) is 12.7 Å². The highest BCUT2D eigenvalue weighted by atomic mass is 19.1. The highest BCUT2D eigenvalue weighted by molar-refractivity contribution is 5.86. The van der Waals surface area contributed by atoms with E-state index in [0.717, 1.165) is 0 Å². The highest BCUT2D eigenvalue weighted by Gasteiger charge is 2.44. The Kier molecular flexibility index (Phi) is 3.24. The lowest BCUT2D eigenvalue weighted by Crippen LogP contribution is -2.35.